The van der Waals surface area contributed by atoms with Gasteiger partial charge in [-0.25, -0.2) is 4.98 Å². The fourth-order valence-electron chi connectivity index (χ4n) is 3.64. The number of benzene rings is 2. The Hall–Kier alpha value is -4.74. The van der Waals surface area contributed by atoms with Gasteiger partial charge in [-0.1, -0.05) is 10.4 Å². The van der Waals surface area contributed by atoms with Crippen LogP contribution in [0.25, 0.3) is 28.2 Å². The molecule has 0 N–H and O–H groups in total. The maximum atomic E-state index is 13.0. The van der Waals surface area contributed by atoms with Gasteiger partial charge in [-0.2, -0.15) is 9.67 Å². The number of hydrogen-bond acceptors (Lipinski definition) is 10. The third-order valence-corrected chi connectivity index (χ3v) is 5.32. The van der Waals surface area contributed by atoms with E-state index in [-0.39, 0.29) is 23.5 Å². The molecule has 0 radical (unpaired) electrons. The summed E-state index contributed by atoms with van der Waals surface area (Å²) in [6, 6.07) is 12.6. The maximum Gasteiger partial charge on any atom is 0.284 e. The van der Waals surface area contributed by atoms with Gasteiger partial charge in [0.15, 0.2) is 22.7 Å². The molecule has 0 saturated carbocycles. The summed E-state index contributed by atoms with van der Waals surface area (Å²) in [6.45, 7) is 4.93. The third kappa shape index (κ3) is 4.35. The number of nitrogens with zero attached hydrogens (tertiary/aromatic N) is 7. The van der Waals surface area contributed by atoms with Crippen LogP contribution in [0.3, 0.4) is 0 Å². The Kier molecular flexibility index (Phi) is 6.31. The van der Waals surface area contributed by atoms with Crippen LogP contribution in [0.2, 0.25) is 0 Å². The van der Waals surface area contributed by atoms with Crippen LogP contribution in [0, 0.1) is 0 Å². The first-order valence-corrected chi connectivity index (χ1v) is 11.3. The number of aromatic nitrogens is 7. The second-order valence-electron chi connectivity index (χ2n) is 7.59. The molecule has 0 bridgehead atoms. The fourth-order valence-corrected chi connectivity index (χ4v) is 3.64. The predicted octanol–water partition coefficient (Wildman–Crippen LogP) is 2.88. The molecular weight excluding hydrogens is 466 g/mol. The molecule has 12 heteroatoms. The second-order valence-corrected chi connectivity index (χ2v) is 7.59. The Bertz CT molecular complexity index is 1560. The van der Waals surface area contributed by atoms with Crippen LogP contribution in [0.15, 0.2) is 58.1 Å². The SMILES string of the molecule is CCOc1ccc(-n2nnc3c(=O)n(Cc4nc(-c5ccc(OCC)c(OC)c5)no4)cnc32)cc1. The topological polar surface area (TPSA) is 132 Å². The maximum absolute atomic E-state index is 13.0. The molecule has 0 fully saturated rings. The molecule has 0 saturated heterocycles. The molecule has 12 nitrogen and oxygen atoms in total. The highest BCUT2D eigenvalue weighted by molar-refractivity contribution is 5.70. The van der Waals surface area contributed by atoms with E-state index in [4.69, 9.17) is 18.7 Å². The Labute approximate surface area is 205 Å². The van der Waals surface area contributed by atoms with Crippen molar-refractivity contribution < 1.29 is 18.7 Å². The van der Waals surface area contributed by atoms with Gasteiger partial charge >= 0.3 is 0 Å². The zero-order chi connectivity index (χ0) is 25.1. The van der Waals surface area contributed by atoms with E-state index in [0.717, 1.165) is 5.75 Å². The minimum atomic E-state index is -0.375. The first-order chi connectivity index (χ1) is 17.6. The summed E-state index contributed by atoms with van der Waals surface area (Å²) in [4.78, 5) is 21.8. The Morgan fingerprint density at radius 2 is 1.81 bits per heavy atom. The van der Waals surface area contributed by atoms with Gasteiger partial charge in [0, 0.05) is 5.56 Å². The van der Waals surface area contributed by atoms with Crippen molar-refractivity contribution in [3.63, 3.8) is 0 Å². The molecule has 0 amide bonds. The zero-order valence-electron chi connectivity index (χ0n) is 19.9. The van der Waals surface area contributed by atoms with Crippen molar-refractivity contribution in [3.05, 3.63) is 65.0 Å². The van der Waals surface area contributed by atoms with Crippen LogP contribution in [0.4, 0.5) is 0 Å². The highest BCUT2D eigenvalue weighted by atomic mass is 16.5. The van der Waals surface area contributed by atoms with Crippen molar-refractivity contribution in [2.45, 2.75) is 20.4 Å². The highest BCUT2D eigenvalue weighted by Crippen LogP contribution is 2.31. The number of rotatable bonds is 9. The van der Waals surface area contributed by atoms with E-state index in [1.165, 1.54) is 15.6 Å². The molecule has 0 aliphatic heterocycles. The summed E-state index contributed by atoms with van der Waals surface area (Å²) in [6.07, 6.45) is 1.41. The van der Waals surface area contributed by atoms with E-state index in [1.807, 2.05) is 38.1 Å². The van der Waals surface area contributed by atoms with Gasteiger partial charge in [-0.3, -0.25) is 9.36 Å². The lowest BCUT2D eigenvalue weighted by Crippen LogP contribution is -2.21. The van der Waals surface area contributed by atoms with Crippen LogP contribution in [-0.4, -0.2) is 55.0 Å². The summed E-state index contributed by atoms with van der Waals surface area (Å²) < 4.78 is 24.6. The molecule has 36 heavy (non-hydrogen) atoms. The monoisotopic (exact) mass is 489 g/mol. The summed E-state index contributed by atoms with van der Waals surface area (Å²) >= 11 is 0. The van der Waals surface area contributed by atoms with Crippen molar-refractivity contribution >= 4 is 11.2 Å². The van der Waals surface area contributed by atoms with E-state index >= 15 is 0 Å². The standard InChI is InChI=1S/C24H23N7O5/c1-4-34-17-9-7-16(8-10-17)31-23-21(27-29-31)24(32)30(14-25-23)13-20-26-22(28-36-20)15-6-11-18(35-5-2)19(12-15)33-3/h6-12,14H,4-5,13H2,1-3H3. The quantitative estimate of drug-likeness (QED) is 0.304. The molecule has 0 aliphatic carbocycles. The average Bonchev–Trinajstić information content (AvgIpc) is 3.55. The largest absolute Gasteiger partial charge is 0.494 e. The van der Waals surface area contributed by atoms with Gasteiger partial charge in [-0.15, -0.1) is 5.10 Å². The van der Waals surface area contributed by atoms with Crippen LogP contribution < -0.4 is 19.8 Å². The lowest BCUT2D eigenvalue weighted by molar-refractivity contribution is 0.311. The molecule has 0 aliphatic rings. The number of hydrogen-bond donors (Lipinski definition) is 0. The van der Waals surface area contributed by atoms with Crippen molar-refractivity contribution in [2.75, 3.05) is 20.3 Å². The summed E-state index contributed by atoms with van der Waals surface area (Å²) in [5, 5.41) is 12.2. The minimum Gasteiger partial charge on any atom is -0.494 e. The van der Waals surface area contributed by atoms with Crippen molar-refractivity contribution in [1.82, 2.24) is 34.7 Å². The first-order valence-electron chi connectivity index (χ1n) is 11.3. The lowest BCUT2D eigenvalue weighted by atomic mass is 10.2. The molecule has 2 aromatic carbocycles. The molecule has 0 spiro atoms. The summed E-state index contributed by atoms with van der Waals surface area (Å²) in [5.74, 6) is 2.51. The molecule has 5 aromatic rings. The van der Waals surface area contributed by atoms with Crippen molar-refractivity contribution in [2.24, 2.45) is 0 Å². The van der Waals surface area contributed by atoms with Gasteiger partial charge < -0.3 is 18.7 Å². The highest BCUT2D eigenvalue weighted by Gasteiger charge is 2.17. The van der Waals surface area contributed by atoms with E-state index < -0.39 is 0 Å². The molecule has 184 valence electrons. The van der Waals surface area contributed by atoms with Gasteiger partial charge in [0.05, 0.1) is 26.0 Å². The van der Waals surface area contributed by atoms with Gasteiger partial charge in [0.1, 0.15) is 18.6 Å². The molecule has 0 unspecified atom stereocenters. The molecule has 3 aromatic heterocycles. The molecular formula is C24H23N7O5. The number of ether oxygens (including phenoxy) is 3. The zero-order valence-corrected chi connectivity index (χ0v) is 19.9. The normalized spacial score (nSPS) is 11.1. The van der Waals surface area contributed by atoms with Crippen LogP contribution in [-0.2, 0) is 6.54 Å². The summed E-state index contributed by atoms with van der Waals surface area (Å²) in [5.41, 5.74) is 1.48. The van der Waals surface area contributed by atoms with E-state index in [9.17, 15) is 4.79 Å². The Morgan fingerprint density at radius 3 is 2.56 bits per heavy atom. The third-order valence-electron chi connectivity index (χ3n) is 5.32. The first kappa shape index (κ1) is 23.0. The lowest BCUT2D eigenvalue weighted by Gasteiger charge is -2.09. The minimum absolute atomic E-state index is 0.0266. The van der Waals surface area contributed by atoms with E-state index in [0.29, 0.717) is 47.4 Å². The van der Waals surface area contributed by atoms with E-state index in [1.54, 1.807) is 25.3 Å². The molecule has 0 atom stereocenters. The second kappa shape index (κ2) is 9.86. The summed E-state index contributed by atoms with van der Waals surface area (Å²) in [7, 11) is 1.56. The van der Waals surface area contributed by atoms with Gasteiger partial charge in [0.25, 0.3) is 5.56 Å². The Balaban J connectivity index is 1.39. The van der Waals surface area contributed by atoms with Crippen molar-refractivity contribution in [1.29, 1.82) is 0 Å². The van der Waals surface area contributed by atoms with Crippen LogP contribution in [0.5, 0.6) is 17.2 Å². The smallest absolute Gasteiger partial charge is 0.284 e. The number of fused-ring (bicyclic) bond motifs is 1. The molecule has 3 heterocycles. The fraction of sp³-hybridized carbons (Fsp3) is 0.250. The average molecular weight is 489 g/mol. The Morgan fingerprint density at radius 1 is 1.00 bits per heavy atom. The number of methoxy groups -OCH3 is 1. The van der Waals surface area contributed by atoms with Gasteiger partial charge in [-0.05, 0) is 56.3 Å². The van der Waals surface area contributed by atoms with Crippen LogP contribution >= 0.6 is 0 Å². The van der Waals surface area contributed by atoms with Crippen LogP contribution in [0.1, 0.15) is 19.7 Å². The van der Waals surface area contributed by atoms with Crippen molar-refractivity contribution in [3.8, 4) is 34.3 Å². The molecule has 5 rings (SSSR count). The van der Waals surface area contributed by atoms with E-state index in [2.05, 4.69) is 25.4 Å². The van der Waals surface area contributed by atoms with Gasteiger partial charge in [0.2, 0.25) is 11.7 Å². The predicted molar refractivity (Wildman–Crippen MR) is 129 cm³/mol.